The lowest BCUT2D eigenvalue weighted by Gasteiger charge is -2.05. The highest BCUT2D eigenvalue weighted by Crippen LogP contribution is 2.14. The molecule has 148 valence electrons. The topological polar surface area (TPSA) is 120 Å². The summed E-state index contributed by atoms with van der Waals surface area (Å²) in [4.78, 5) is 20.1. The number of nitrogens with zero attached hydrogens (tertiary/aromatic N) is 6. The largest absolute Gasteiger partial charge is 0.362 e. The summed E-state index contributed by atoms with van der Waals surface area (Å²) in [6.07, 6.45) is 6.69. The van der Waals surface area contributed by atoms with Gasteiger partial charge in [0.2, 0.25) is 11.7 Å². The van der Waals surface area contributed by atoms with Crippen LogP contribution in [0.2, 0.25) is 0 Å². The minimum Gasteiger partial charge on any atom is -0.362 e. The van der Waals surface area contributed by atoms with E-state index in [1.54, 1.807) is 24.5 Å². The predicted octanol–water partition coefficient (Wildman–Crippen LogP) is 1.44. The standard InChI is InChI=1S/C19H19N7O3/c27-17(21-8-3-5-16-24-23-15-4-1-2-11-26(15)16)12-28-13-18-22-19(25-29-18)14-6-9-20-10-7-14/h1-2,4,6-7,9-11H,3,5,8,12-13H2,(H,21,27). The van der Waals surface area contributed by atoms with Crippen LogP contribution in [0.5, 0.6) is 0 Å². The van der Waals surface area contributed by atoms with Crippen molar-refractivity contribution in [2.45, 2.75) is 19.4 Å². The number of carbonyl (C=O) groups excluding carboxylic acids is 1. The minimum absolute atomic E-state index is 0.0667. The van der Waals surface area contributed by atoms with E-state index in [1.807, 2.05) is 28.8 Å². The molecule has 0 atom stereocenters. The smallest absolute Gasteiger partial charge is 0.252 e. The van der Waals surface area contributed by atoms with E-state index in [0.717, 1.165) is 23.5 Å². The molecule has 1 N–H and O–H groups in total. The number of aryl methyl sites for hydroxylation is 1. The van der Waals surface area contributed by atoms with Crippen LogP contribution < -0.4 is 5.32 Å². The molecule has 0 aliphatic rings. The molecule has 0 radical (unpaired) electrons. The van der Waals surface area contributed by atoms with Gasteiger partial charge in [-0.2, -0.15) is 4.98 Å². The van der Waals surface area contributed by atoms with E-state index >= 15 is 0 Å². The molecule has 0 unspecified atom stereocenters. The van der Waals surface area contributed by atoms with Crippen molar-refractivity contribution in [1.29, 1.82) is 0 Å². The Balaban J connectivity index is 1.15. The second-order valence-corrected chi connectivity index (χ2v) is 6.24. The Morgan fingerprint density at radius 1 is 1.17 bits per heavy atom. The minimum atomic E-state index is -0.204. The van der Waals surface area contributed by atoms with Crippen molar-refractivity contribution in [1.82, 2.24) is 35.0 Å². The molecule has 0 aromatic carbocycles. The zero-order valence-corrected chi connectivity index (χ0v) is 15.6. The number of hydrogen-bond donors (Lipinski definition) is 1. The van der Waals surface area contributed by atoms with Gasteiger partial charge in [-0.25, -0.2) is 0 Å². The maximum Gasteiger partial charge on any atom is 0.252 e. The molecule has 0 spiro atoms. The van der Waals surface area contributed by atoms with Gasteiger partial charge in [0.05, 0.1) is 0 Å². The third-order valence-electron chi connectivity index (χ3n) is 4.15. The number of aromatic nitrogens is 6. The maximum atomic E-state index is 11.9. The molecule has 0 fully saturated rings. The summed E-state index contributed by atoms with van der Waals surface area (Å²) in [6, 6.07) is 9.32. The van der Waals surface area contributed by atoms with Crippen LogP contribution in [0.3, 0.4) is 0 Å². The number of pyridine rings is 2. The van der Waals surface area contributed by atoms with Crippen molar-refractivity contribution in [2.24, 2.45) is 0 Å². The lowest BCUT2D eigenvalue weighted by atomic mass is 10.2. The lowest BCUT2D eigenvalue weighted by molar-refractivity contribution is -0.126. The molecular weight excluding hydrogens is 374 g/mol. The van der Waals surface area contributed by atoms with Crippen LogP contribution in [0.15, 0.2) is 53.4 Å². The molecule has 4 rings (SSSR count). The summed E-state index contributed by atoms with van der Waals surface area (Å²) in [6.45, 7) is 0.509. The fourth-order valence-corrected chi connectivity index (χ4v) is 2.75. The molecule has 4 aromatic heterocycles. The van der Waals surface area contributed by atoms with Gasteiger partial charge in [0.15, 0.2) is 5.65 Å². The third-order valence-corrected chi connectivity index (χ3v) is 4.15. The quantitative estimate of drug-likeness (QED) is 0.424. The molecule has 0 aliphatic heterocycles. The van der Waals surface area contributed by atoms with Gasteiger partial charge >= 0.3 is 0 Å². The van der Waals surface area contributed by atoms with Crippen molar-refractivity contribution >= 4 is 11.6 Å². The Hall–Kier alpha value is -3.66. The second kappa shape index (κ2) is 9.02. The van der Waals surface area contributed by atoms with Crippen LogP contribution in [-0.2, 0) is 22.6 Å². The average Bonchev–Trinajstić information content (AvgIpc) is 3.39. The monoisotopic (exact) mass is 393 g/mol. The fraction of sp³-hybridized carbons (Fsp3) is 0.263. The third kappa shape index (κ3) is 4.79. The Morgan fingerprint density at radius 3 is 2.97 bits per heavy atom. The number of hydrogen-bond acceptors (Lipinski definition) is 8. The number of ether oxygens (including phenoxy) is 1. The molecule has 10 heteroatoms. The molecule has 0 aliphatic carbocycles. The highest BCUT2D eigenvalue weighted by Gasteiger charge is 2.10. The molecule has 4 heterocycles. The van der Waals surface area contributed by atoms with Crippen LogP contribution >= 0.6 is 0 Å². The summed E-state index contributed by atoms with van der Waals surface area (Å²) < 4.78 is 12.4. The lowest BCUT2D eigenvalue weighted by Crippen LogP contribution is -2.28. The first-order valence-corrected chi connectivity index (χ1v) is 9.15. The van der Waals surface area contributed by atoms with Gasteiger partial charge in [0, 0.05) is 37.1 Å². The van der Waals surface area contributed by atoms with Gasteiger partial charge in [-0.05, 0) is 30.7 Å². The zero-order chi connectivity index (χ0) is 19.9. The van der Waals surface area contributed by atoms with Crippen molar-refractivity contribution in [3.63, 3.8) is 0 Å². The van der Waals surface area contributed by atoms with Crippen LogP contribution in [0.25, 0.3) is 17.0 Å². The van der Waals surface area contributed by atoms with Crippen LogP contribution in [0, 0.1) is 0 Å². The Kier molecular flexibility index (Phi) is 5.81. The summed E-state index contributed by atoms with van der Waals surface area (Å²) in [5, 5.41) is 15.0. The van der Waals surface area contributed by atoms with Gasteiger partial charge < -0.3 is 14.6 Å². The zero-order valence-electron chi connectivity index (χ0n) is 15.6. The Bertz CT molecular complexity index is 1080. The van der Waals surface area contributed by atoms with Crippen molar-refractivity contribution in [2.75, 3.05) is 13.2 Å². The van der Waals surface area contributed by atoms with Gasteiger partial charge in [0.25, 0.3) is 5.89 Å². The molecule has 4 aromatic rings. The van der Waals surface area contributed by atoms with Gasteiger partial charge in [-0.1, -0.05) is 11.2 Å². The van der Waals surface area contributed by atoms with Gasteiger partial charge in [-0.3, -0.25) is 14.2 Å². The van der Waals surface area contributed by atoms with E-state index in [4.69, 9.17) is 9.26 Å². The number of rotatable bonds is 9. The molecule has 1 amide bonds. The first kappa shape index (κ1) is 18.7. The van der Waals surface area contributed by atoms with Gasteiger partial charge in [-0.15, -0.1) is 10.2 Å². The maximum absolute atomic E-state index is 11.9. The molecule has 10 nitrogen and oxygen atoms in total. The predicted molar refractivity (Wildman–Crippen MR) is 102 cm³/mol. The SMILES string of the molecule is O=C(COCc1nc(-c2ccncc2)no1)NCCCc1nnc2ccccn12. The summed E-state index contributed by atoms with van der Waals surface area (Å²) in [5.74, 6) is 1.43. The first-order chi connectivity index (χ1) is 14.3. The van der Waals surface area contributed by atoms with E-state index in [0.29, 0.717) is 24.7 Å². The van der Waals surface area contributed by atoms with E-state index in [2.05, 4.69) is 30.6 Å². The number of carbonyl (C=O) groups is 1. The second-order valence-electron chi connectivity index (χ2n) is 6.24. The average molecular weight is 393 g/mol. The number of nitrogens with one attached hydrogen (secondary N) is 1. The van der Waals surface area contributed by atoms with Crippen LogP contribution in [0.1, 0.15) is 18.1 Å². The molecule has 0 saturated carbocycles. The summed E-state index contributed by atoms with van der Waals surface area (Å²) in [7, 11) is 0. The fourth-order valence-electron chi connectivity index (χ4n) is 2.75. The van der Waals surface area contributed by atoms with Crippen LogP contribution in [0.4, 0.5) is 0 Å². The Labute approximate surface area is 165 Å². The van der Waals surface area contributed by atoms with E-state index in [1.165, 1.54) is 0 Å². The van der Waals surface area contributed by atoms with E-state index in [-0.39, 0.29) is 19.1 Å². The van der Waals surface area contributed by atoms with E-state index in [9.17, 15) is 4.79 Å². The summed E-state index contributed by atoms with van der Waals surface area (Å²) in [5.41, 5.74) is 1.61. The highest BCUT2D eigenvalue weighted by molar-refractivity contribution is 5.77. The number of amides is 1. The first-order valence-electron chi connectivity index (χ1n) is 9.15. The van der Waals surface area contributed by atoms with Crippen molar-refractivity contribution in [3.05, 3.63) is 60.6 Å². The molecule has 29 heavy (non-hydrogen) atoms. The number of fused-ring (bicyclic) bond motifs is 1. The Morgan fingerprint density at radius 2 is 2.07 bits per heavy atom. The van der Waals surface area contributed by atoms with Gasteiger partial charge in [0.1, 0.15) is 19.0 Å². The molecular formula is C19H19N7O3. The van der Waals surface area contributed by atoms with Crippen molar-refractivity contribution in [3.8, 4) is 11.4 Å². The van der Waals surface area contributed by atoms with E-state index < -0.39 is 0 Å². The molecule has 0 saturated heterocycles. The highest BCUT2D eigenvalue weighted by atomic mass is 16.5. The normalized spacial score (nSPS) is 11.0. The van der Waals surface area contributed by atoms with Crippen molar-refractivity contribution < 1.29 is 14.1 Å². The van der Waals surface area contributed by atoms with Crippen LogP contribution in [-0.4, -0.2) is 48.8 Å². The molecule has 0 bridgehead atoms. The summed E-state index contributed by atoms with van der Waals surface area (Å²) >= 11 is 0.